The number of hydrogen-bond donors (Lipinski definition) is 1. The van der Waals surface area contributed by atoms with E-state index in [0.717, 1.165) is 32.8 Å². The van der Waals surface area contributed by atoms with E-state index in [-0.39, 0.29) is 12.1 Å². The van der Waals surface area contributed by atoms with E-state index >= 15 is 0 Å². The first-order chi connectivity index (χ1) is 16.0. The molecule has 1 aromatic carbocycles. The van der Waals surface area contributed by atoms with Crippen LogP contribution in [0.1, 0.15) is 40.3 Å². The number of halogens is 1. The summed E-state index contributed by atoms with van der Waals surface area (Å²) in [6, 6.07) is 20.2. The van der Waals surface area contributed by atoms with Crippen molar-refractivity contribution in [2.75, 3.05) is 0 Å². The first kappa shape index (κ1) is 21.6. The third-order valence-electron chi connectivity index (χ3n) is 6.15. The molecule has 0 aliphatic carbocycles. The fourth-order valence-corrected chi connectivity index (χ4v) is 5.11. The number of rotatable bonds is 5. The van der Waals surface area contributed by atoms with Gasteiger partial charge in [0, 0.05) is 47.2 Å². The maximum atomic E-state index is 6.14. The van der Waals surface area contributed by atoms with Crippen molar-refractivity contribution in [2.24, 2.45) is 0 Å². The van der Waals surface area contributed by atoms with Gasteiger partial charge in [-0.15, -0.1) is 0 Å². The standard InChI is InChI=1S/C26H24ClN5S/c1-17-14-22(18(2)32(17)21-10-8-20(27)9-11-21)25-24(23-7-3-4-13-29-23)30-26(33)31(25)16-19-6-5-12-28-15-19/h3-15,24-25H,16H2,1-2H3,(H,30,33). The van der Waals surface area contributed by atoms with Crippen LogP contribution in [0.5, 0.6) is 0 Å². The number of nitrogens with zero attached hydrogens (tertiary/aromatic N) is 4. The van der Waals surface area contributed by atoms with Crippen LogP contribution in [0.4, 0.5) is 0 Å². The molecule has 1 aliphatic rings. The molecular weight excluding hydrogens is 450 g/mol. The van der Waals surface area contributed by atoms with Crippen LogP contribution in [0.25, 0.3) is 5.69 Å². The fraction of sp³-hybridized carbons (Fsp3) is 0.192. The molecule has 4 aromatic rings. The number of hydrogen-bond acceptors (Lipinski definition) is 3. The predicted molar refractivity (Wildman–Crippen MR) is 135 cm³/mol. The molecule has 0 amide bonds. The zero-order valence-electron chi connectivity index (χ0n) is 18.4. The van der Waals surface area contributed by atoms with Crippen molar-refractivity contribution in [1.82, 2.24) is 24.8 Å². The highest BCUT2D eigenvalue weighted by Gasteiger charge is 2.41. The van der Waals surface area contributed by atoms with Crippen molar-refractivity contribution in [3.8, 4) is 5.69 Å². The minimum atomic E-state index is -0.0606. The highest BCUT2D eigenvalue weighted by Crippen LogP contribution is 2.42. The topological polar surface area (TPSA) is 46.0 Å². The lowest BCUT2D eigenvalue weighted by molar-refractivity contribution is 0.310. The second kappa shape index (κ2) is 8.96. The largest absolute Gasteiger partial charge is 0.352 e. The lowest BCUT2D eigenvalue weighted by Crippen LogP contribution is -2.29. The second-order valence-electron chi connectivity index (χ2n) is 8.25. The highest BCUT2D eigenvalue weighted by atomic mass is 35.5. The Morgan fingerprint density at radius 1 is 1.03 bits per heavy atom. The molecule has 0 saturated carbocycles. The molecule has 3 aromatic heterocycles. The molecule has 166 valence electrons. The summed E-state index contributed by atoms with van der Waals surface area (Å²) in [6.45, 7) is 4.96. The van der Waals surface area contributed by atoms with Crippen LogP contribution in [0.15, 0.2) is 79.3 Å². The number of benzene rings is 1. The lowest BCUT2D eigenvalue weighted by Gasteiger charge is -2.28. The zero-order chi connectivity index (χ0) is 22.9. The Kier molecular flexibility index (Phi) is 5.87. The summed E-state index contributed by atoms with van der Waals surface area (Å²) in [7, 11) is 0. The van der Waals surface area contributed by atoms with Crippen LogP contribution in [0.2, 0.25) is 5.02 Å². The number of pyridine rings is 2. The summed E-state index contributed by atoms with van der Waals surface area (Å²) in [4.78, 5) is 11.2. The minimum Gasteiger partial charge on any atom is -0.352 e. The highest BCUT2D eigenvalue weighted by molar-refractivity contribution is 7.80. The van der Waals surface area contributed by atoms with Gasteiger partial charge in [0.1, 0.15) is 0 Å². The average Bonchev–Trinajstić information content (AvgIpc) is 3.31. The number of nitrogens with one attached hydrogen (secondary N) is 1. The summed E-state index contributed by atoms with van der Waals surface area (Å²) in [5.74, 6) is 0. The van der Waals surface area contributed by atoms with Gasteiger partial charge in [0.05, 0.1) is 17.8 Å². The Balaban J connectivity index is 1.61. The molecule has 5 rings (SSSR count). The summed E-state index contributed by atoms with van der Waals surface area (Å²) in [6.07, 6.45) is 5.51. The van der Waals surface area contributed by atoms with Gasteiger partial charge in [-0.1, -0.05) is 23.7 Å². The normalized spacial score (nSPS) is 17.9. The van der Waals surface area contributed by atoms with E-state index in [1.807, 2.05) is 54.9 Å². The van der Waals surface area contributed by atoms with E-state index in [4.69, 9.17) is 23.8 Å². The Hall–Kier alpha value is -3.22. The molecule has 5 nitrogen and oxygen atoms in total. The van der Waals surface area contributed by atoms with Gasteiger partial charge in [-0.2, -0.15) is 0 Å². The Morgan fingerprint density at radius 3 is 2.55 bits per heavy atom. The average molecular weight is 474 g/mol. The van der Waals surface area contributed by atoms with Gasteiger partial charge < -0.3 is 14.8 Å². The monoisotopic (exact) mass is 473 g/mol. The van der Waals surface area contributed by atoms with Gasteiger partial charge in [-0.25, -0.2) is 0 Å². The molecule has 0 bridgehead atoms. The number of aryl methyl sites for hydroxylation is 1. The zero-order valence-corrected chi connectivity index (χ0v) is 20.0. The van der Waals surface area contributed by atoms with Gasteiger partial charge in [0.2, 0.25) is 0 Å². The molecule has 2 atom stereocenters. The third-order valence-corrected chi connectivity index (χ3v) is 6.75. The predicted octanol–water partition coefficient (Wildman–Crippen LogP) is 5.71. The smallest absolute Gasteiger partial charge is 0.170 e. The van der Waals surface area contributed by atoms with Crippen molar-refractivity contribution in [2.45, 2.75) is 32.5 Å². The minimum absolute atomic E-state index is 0.0140. The van der Waals surface area contributed by atoms with Gasteiger partial charge in [-0.3, -0.25) is 9.97 Å². The summed E-state index contributed by atoms with van der Waals surface area (Å²) < 4.78 is 2.27. The first-order valence-electron chi connectivity index (χ1n) is 10.8. The summed E-state index contributed by atoms with van der Waals surface area (Å²) >= 11 is 12.0. The van der Waals surface area contributed by atoms with Crippen LogP contribution in [0, 0.1) is 13.8 Å². The Morgan fingerprint density at radius 2 is 1.85 bits per heavy atom. The molecule has 1 saturated heterocycles. The van der Waals surface area contributed by atoms with Crippen molar-refractivity contribution >= 4 is 28.9 Å². The van der Waals surface area contributed by atoms with Gasteiger partial charge in [0.15, 0.2) is 5.11 Å². The van der Waals surface area contributed by atoms with Crippen LogP contribution in [-0.4, -0.2) is 24.5 Å². The Bertz CT molecular complexity index is 1270. The lowest BCUT2D eigenvalue weighted by atomic mass is 9.96. The van der Waals surface area contributed by atoms with Crippen LogP contribution >= 0.6 is 23.8 Å². The van der Waals surface area contributed by atoms with Gasteiger partial charge >= 0.3 is 0 Å². The van der Waals surface area contributed by atoms with Crippen molar-refractivity contribution in [1.29, 1.82) is 0 Å². The Labute approximate surface area is 204 Å². The number of thiocarbonyl (C=S) groups is 1. The summed E-state index contributed by atoms with van der Waals surface area (Å²) in [5.41, 5.74) is 6.71. The first-order valence-corrected chi connectivity index (χ1v) is 11.6. The van der Waals surface area contributed by atoms with E-state index in [1.54, 1.807) is 6.20 Å². The van der Waals surface area contributed by atoms with Gasteiger partial charge in [0.25, 0.3) is 0 Å². The van der Waals surface area contributed by atoms with Crippen molar-refractivity contribution in [3.63, 3.8) is 0 Å². The second-order valence-corrected chi connectivity index (χ2v) is 9.08. The molecule has 7 heteroatoms. The molecular formula is C26H24ClN5S. The molecule has 2 unspecified atom stereocenters. The molecule has 33 heavy (non-hydrogen) atoms. The third kappa shape index (κ3) is 4.12. The fourth-order valence-electron chi connectivity index (χ4n) is 4.68. The molecule has 4 heterocycles. The van der Waals surface area contributed by atoms with Gasteiger partial charge in [-0.05, 0) is 85.7 Å². The number of aromatic nitrogens is 3. The SMILES string of the molecule is Cc1cc(C2C(c3ccccn3)NC(=S)N2Cc2cccnc2)c(C)n1-c1ccc(Cl)cc1. The van der Waals surface area contributed by atoms with E-state index in [0.29, 0.717) is 6.54 Å². The quantitative estimate of drug-likeness (QED) is 0.376. The van der Waals surface area contributed by atoms with E-state index in [1.165, 1.54) is 11.3 Å². The van der Waals surface area contributed by atoms with Crippen LogP contribution in [0.3, 0.4) is 0 Å². The molecule has 0 radical (unpaired) electrons. The maximum absolute atomic E-state index is 6.14. The van der Waals surface area contributed by atoms with Crippen LogP contribution in [-0.2, 0) is 6.54 Å². The van der Waals surface area contributed by atoms with Crippen LogP contribution < -0.4 is 5.32 Å². The maximum Gasteiger partial charge on any atom is 0.170 e. The van der Waals surface area contributed by atoms with E-state index in [9.17, 15) is 0 Å². The summed E-state index contributed by atoms with van der Waals surface area (Å²) in [5, 5.41) is 4.98. The van der Waals surface area contributed by atoms with Crippen molar-refractivity contribution < 1.29 is 0 Å². The van der Waals surface area contributed by atoms with E-state index in [2.05, 4.69) is 56.8 Å². The molecule has 1 N–H and O–H groups in total. The molecule has 0 spiro atoms. The molecule has 1 aliphatic heterocycles. The van der Waals surface area contributed by atoms with E-state index < -0.39 is 0 Å². The van der Waals surface area contributed by atoms with Crippen molar-refractivity contribution in [3.05, 3.63) is 112 Å². The molecule has 1 fully saturated rings.